The number of hydrogen-bond donors (Lipinski definition) is 1. The Labute approximate surface area is 180 Å². The lowest BCUT2D eigenvalue weighted by atomic mass is 9.81. The van der Waals surface area contributed by atoms with E-state index in [9.17, 15) is 9.59 Å². The van der Waals surface area contributed by atoms with Gasteiger partial charge in [-0.2, -0.15) is 0 Å². The zero-order valence-corrected chi connectivity index (χ0v) is 17.4. The molecule has 0 spiro atoms. The Morgan fingerprint density at radius 2 is 1.84 bits per heavy atom. The number of carbonyl (C=O) groups excluding carboxylic acids is 2. The topological polar surface area (TPSA) is 77.0 Å². The molecular formula is C25H22N2O4. The van der Waals surface area contributed by atoms with Crippen LogP contribution in [0.5, 0.6) is 5.75 Å². The molecule has 1 heterocycles. The summed E-state index contributed by atoms with van der Waals surface area (Å²) in [5.74, 6) is 0.112. The van der Waals surface area contributed by atoms with Crippen molar-refractivity contribution in [3.63, 3.8) is 0 Å². The first-order valence-corrected chi connectivity index (χ1v) is 10.3. The highest BCUT2D eigenvalue weighted by molar-refractivity contribution is 6.32. The second-order valence-corrected chi connectivity index (χ2v) is 7.82. The Kier molecular flexibility index (Phi) is 4.79. The number of ether oxygens (including phenoxy) is 2. The zero-order valence-electron chi connectivity index (χ0n) is 17.4. The van der Waals surface area contributed by atoms with Crippen molar-refractivity contribution >= 4 is 28.7 Å². The number of rotatable bonds is 5. The Bertz CT molecular complexity index is 1210. The highest BCUT2D eigenvalue weighted by atomic mass is 16.5. The summed E-state index contributed by atoms with van der Waals surface area (Å²) < 4.78 is 11.3. The van der Waals surface area contributed by atoms with Crippen LogP contribution in [-0.4, -0.2) is 43.6 Å². The van der Waals surface area contributed by atoms with Gasteiger partial charge < -0.3 is 14.8 Å². The Balaban J connectivity index is 1.68. The van der Waals surface area contributed by atoms with E-state index in [-0.39, 0.29) is 17.7 Å². The fourth-order valence-corrected chi connectivity index (χ4v) is 4.19. The maximum Gasteiger partial charge on any atom is 0.196 e. The van der Waals surface area contributed by atoms with Gasteiger partial charge >= 0.3 is 0 Å². The number of anilines is 1. The number of ketones is 2. The minimum Gasteiger partial charge on any atom is -0.478 e. The molecule has 0 amide bonds. The number of hydrogen-bond acceptors (Lipinski definition) is 6. The van der Waals surface area contributed by atoms with Gasteiger partial charge in [0.25, 0.3) is 0 Å². The van der Waals surface area contributed by atoms with Crippen molar-refractivity contribution in [2.75, 3.05) is 25.6 Å². The third kappa shape index (κ3) is 3.20. The number of fused-ring (bicyclic) bond motifs is 5. The van der Waals surface area contributed by atoms with Crippen LogP contribution >= 0.6 is 0 Å². The monoisotopic (exact) mass is 414 g/mol. The van der Waals surface area contributed by atoms with Gasteiger partial charge in [-0.1, -0.05) is 35.9 Å². The van der Waals surface area contributed by atoms with Crippen molar-refractivity contribution in [3.05, 3.63) is 76.4 Å². The minimum absolute atomic E-state index is 0.181. The van der Waals surface area contributed by atoms with Gasteiger partial charge in [0.1, 0.15) is 11.4 Å². The summed E-state index contributed by atoms with van der Waals surface area (Å²) in [7, 11) is 1.65. The van der Waals surface area contributed by atoms with Crippen molar-refractivity contribution in [2.45, 2.75) is 19.4 Å². The van der Waals surface area contributed by atoms with Crippen LogP contribution in [0.15, 0.2) is 59.1 Å². The summed E-state index contributed by atoms with van der Waals surface area (Å²) in [6.07, 6.45) is 6.31. The number of aliphatic imine (C=N–C) groups is 1. The van der Waals surface area contributed by atoms with Gasteiger partial charge in [-0.15, -0.1) is 0 Å². The molecular weight excluding hydrogens is 392 g/mol. The van der Waals surface area contributed by atoms with Crippen LogP contribution in [0.3, 0.4) is 0 Å². The fourth-order valence-electron chi connectivity index (χ4n) is 4.19. The number of nitrogens with one attached hydrogen (secondary N) is 1. The summed E-state index contributed by atoms with van der Waals surface area (Å²) in [5, 5.41) is 3.31. The highest BCUT2D eigenvalue weighted by Crippen LogP contribution is 2.46. The van der Waals surface area contributed by atoms with E-state index >= 15 is 0 Å². The molecule has 0 bridgehead atoms. The smallest absolute Gasteiger partial charge is 0.196 e. The molecule has 0 saturated carbocycles. The quantitative estimate of drug-likeness (QED) is 0.632. The fraction of sp³-hybridized carbons (Fsp3) is 0.240. The molecule has 6 nitrogen and oxygen atoms in total. The number of carbonyl (C=O) groups is 2. The second kappa shape index (κ2) is 7.63. The van der Waals surface area contributed by atoms with Crippen LogP contribution in [0, 0.1) is 0 Å². The molecule has 3 aliphatic rings. The Hall–Kier alpha value is -3.51. The van der Waals surface area contributed by atoms with Gasteiger partial charge in [0.15, 0.2) is 17.7 Å². The lowest BCUT2D eigenvalue weighted by Gasteiger charge is -2.29. The minimum atomic E-state index is -0.307. The number of methoxy groups -OCH3 is 1. The predicted molar refractivity (Wildman–Crippen MR) is 119 cm³/mol. The van der Waals surface area contributed by atoms with E-state index in [2.05, 4.69) is 5.32 Å². The molecule has 6 heteroatoms. The molecule has 1 aliphatic heterocycles. The van der Waals surface area contributed by atoms with E-state index in [1.165, 1.54) is 0 Å². The summed E-state index contributed by atoms with van der Waals surface area (Å²) in [4.78, 5) is 31.7. The van der Waals surface area contributed by atoms with E-state index < -0.39 is 0 Å². The van der Waals surface area contributed by atoms with Crippen molar-refractivity contribution in [2.24, 2.45) is 4.99 Å². The van der Waals surface area contributed by atoms with E-state index in [1.807, 2.05) is 25.2 Å². The van der Waals surface area contributed by atoms with Gasteiger partial charge in [0.05, 0.1) is 16.8 Å². The second-order valence-electron chi connectivity index (χ2n) is 7.82. The van der Waals surface area contributed by atoms with Crippen LogP contribution in [0.4, 0.5) is 11.4 Å². The van der Waals surface area contributed by atoms with Gasteiger partial charge in [-0.3, -0.25) is 9.59 Å². The zero-order chi connectivity index (χ0) is 21.5. The molecule has 1 N–H and O–H groups in total. The lowest BCUT2D eigenvalue weighted by Crippen LogP contribution is -2.30. The third-order valence-electron chi connectivity index (χ3n) is 5.69. The van der Waals surface area contributed by atoms with Crippen LogP contribution in [0.2, 0.25) is 0 Å². The number of nitrogens with zero attached hydrogens (tertiary/aromatic N) is 1. The lowest BCUT2D eigenvalue weighted by molar-refractivity contribution is 0.0979. The molecule has 2 aliphatic carbocycles. The average Bonchev–Trinajstić information content (AvgIpc) is 2.78. The maximum atomic E-state index is 13.5. The van der Waals surface area contributed by atoms with Crippen LogP contribution in [0.1, 0.15) is 45.2 Å². The molecule has 2 aromatic rings. The maximum absolute atomic E-state index is 13.5. The molecule has 1 atom stereocenters. The standard InChI is InChI=1S/C25H22N2O4/c1-14-8-9-17-19(12-14)31-20-13-18(26-10-5-11-30-2)21-22(23(20)27-17)25(29)16-7-4-3-6-15(16)24(21)28/h3-4,6-9,12-13,19,26H,5,10-11H2,1-2H3. The van der Waals surface area contributed by atoms with Gasteiger partial charge in [0.2, 0.25) is 0 Å². The Morgan fingerprint density at radius 3 is 2.58 bits per heavy atom. The van der Waals surface area contributed by atoms with Gasteiger partial charge in [-0.05, 0) is 25.5 Å². The van der Waals surface area contributed by atoms with Crippen molar-refractivity contribution < 1.29 is 19.1 Å². The van der Waals surface area contributed by atoms with Crippen LogP contribution in [0.25, 0.3) is 0 Å². The van der Waals surface area contributed by atoms with Crippen molar-refractivity contribution in [3.8, 4) is 5.75 Å². The van der Waals surface area contributed by atoms with Crippen LogP contribution < -0.4 is 10.1 Å². The molecule has 1 unspecified atom stereocenters. The average molecular weight is 414 g/mol. The number of allylic oxidation sites excluding steroid dienone is 2. The normalized spacial score (nSPS) is 18.2. The number of benzene rings is 2. The molecule has 2 aromatic carbocycles. The largest absolute Gasteiger partial charge is 0.478 e. The SMILES string of the molecule is COCCCNc1cc2c(c3c1C(=O)c1ccccc1C3=O)N=C1C=CC(C)=CC1O2. The molecule has 0 fully saturated rings. The Morgan fingerprint density at radius 1 is 1.10 bits per heavy atom. The van der Waals surface area contributed by atoms with E-state index in [4.69, 9.17) is 14.5 Å². The van der Waals surface area contributed by atoms with E-state index in [0.29, 0.717) is 52.5 Å². The van der Waals surface area contributed by atoms with Crippen molar-refractivity contribution in [1.29, 1.82) is 0 Å². The summed E-state index contributed by atoms with van der Waals surface area (Å²) in [6.45, 7) is 3.20. The first kappa shape index (κ1) is 19.5. The van der Waals surface area contributed by atoms with Gasteiger partial charge in [0, 0.05) is 43.1 Å². The predicted octanol–water partition coefficient (Wildman–Crippen LogP) is 4.26. The van der Waals surface area contributed by atoms with E-state index in [0.717, 1.165) is 17.7 Å². The third-order valence-corrected chi connectivity index (χ3v) is 5.69. The highest BCUT2D eigenvalue weighted by Gasteiger charge is 2.37. The van der Waals surface area contributed by atoms with Gasteiger partial charge in [-0.25, -0.2) is 4.99 Å². The first-order valence-electron chi connectivity index (χ1n) is 10.3. The molecule has 5 rings (SSSR count). The molecule has 31 heavy (non-hydrogen) atoms. The van der Waals surface area contributed by atoms with Crippen LogP contribution in [-0.2, 0) is 4.74 Å². The summed E-state index contributed by atoms with van der Waals surface area (Å²) in [5.41, 5.74) is 4.30. The molecule has 0 aromatic heterocycles. The first-order chi connectivity index (χ1) is 15.1. The molecule has 0 radical (unpaired) electrons. The van der Waals surface area contributed by atoms with Crippen molar-refractivity contribution in [1.82, 2.24) is 0 Å². The summed E-state index contributed by atoms with van der Waals surface area (Å²) in [6, 6.07) is 8.72. The summed E-state index contributed by atoms with van der Waals surface area (Å²) >= 11 is 0. The molecule has 156 valence electrons. The molecule has 0 saturated heterocycles. The van der Waals surface area contributed by atoms with E-state index in [1.54, 1.807) is 37.4 Å².